The maximum Gasteiger partial charge on any atom is 0.0991 e. The van der Waals surface area contributed by atoms with Gasteiger partial charge in [-0.05, 0) is 31.5 Å². The van der Waals surface area contributed by atoms with Crippen molar-refractivity contribution in [3.05, 3.63) is 54.1 Å². The van der Waals surface area contributed by atoms with Gasteiger partial charge in [-0.25, -0.2) is 4.98 Å². The number of nitrogens with two attached hydrogens (primary N) is 1. The van der Waals surface area contributed by atoms with Crippen molar-refractivity contribution in [3.8, 4) is 5.69 Å². The number of benzene rings is 1. The molecule has 1 unspecified atom stereocenters. The zero-order valence-electron chi connectivity index (χ0n) is 10.2. The van der Waals surface area contributed by atoms with E-state index in [4.69, 9.17) is 5.73 Å². The van der Waals surface area contributed by atoms with Gasteiger partial charge in [0.1, 0.15) is 0 Å². The van der Waals surface area contributed by atoms with Gasteiger partial charge >= 0.3 is 0 Å². The lowest BCUT2D eigenvalue weighted by Gasteiger charge is -2.06. The smallest absolute Gasteiger partial charge is 0.0991 e. The van der Waals surface area contributed by atoms with Gasteiger partial charge in [0.05, 0.1) is 6.33 Å². The van der Waals surface area contributed by atoms with Gasteiger partial charge < -0.3 is 10.3 Å². The lowest BCUT2D eigenvalue weighted by molar-refractivity contribution is 0.868. The number of hydrogen-bond donors (Lipinski definition) is 1. The van der Waals surface area contributed by atoms with Crippen molar-refractivity contribution in [1.82, 2.24) is 9.55 Å². The van der Waals surface area contributed by atoms with Crippen LogP contribution in [0, 0.1) is 0 Å². The molecule has 0 bridgehead atoms. The van der Waals surface area contributed by atoms with Crippen LogP contribution in [0.5, 0.6) is 0 Å². The second-order valence-electron chi connectivity index (χ2n) is 4.24. The van der Waals surface area contributed by atoms with Crippen molar-refractivity contribution in [1.29, 1.82) is 0 Å². The summed E-state index contributed by atoms with van der Waals surface area (Å²) in [5, 5.41) is 0. The zero-order valence-corrected chi connectivity index (χ0v) is 10.2. The largest absolute Gasteiger partial charge is 0.324 e. The van der Waals surface area contributed by atoms with Crippen LogP contribution in [-0.2, 0) is 0 Å². The fraction of sp³-hybridized carbons (Fsp3) is 0.214. The third-order valence-corrected chi connectivity index (χ3v) is 2.81. The van der Waals surface area contributed by atoms with Crippen molar-refractivity contribution in [3.63, 3.8) is 0 Å². The van der Waals surface area contributed by atoms with E-state index in [-0.39, 0.29) is 6.04 Å². The van der Waals surface area contributed by atoms with E-state index in [0.717, 1.165) is 5.69 Å². The highest BCUT2D eigenvalue weighted by Gasteiger charge is 1.98. The highest BCUT2D eigenvalue weighted by atomic mass is 15.0. The van der Waals surface area contributed by atoms with Gasteiger partial charge in [-0.2, -0.15) is 0 Å². The SMILES string of the molecule is C/C(=C\c1ccc(-n2ccnc2)cc1)C(C)N. The number of hydrogen-bond acceptors (Lipinski definition) is 2. The molecule has 0 aliphatic heterocycles. The Kier molecular flexibility index (Phi) is 3.40. The minimum Gasteiger partial charge on any atom is -0.324 e. The van der Waals surface area contributed by atoms with E-state index in [1.807, 2.05) is 17.7 Å². The number of rotatable bonds is 3. The summed E-state index contributed by atoms with van der Waals surface area (Å²) in [5.74, 6) is 0. The van der Waals surface area contributed by atoms with E-state index in [1.165, 1.54) is 11.1 Å². The van der Waals surface area contributed by atoms with Gasteiger partial charge in [-0.1, -0.05) is 23.8 Å². The highest BCUT2D eigenvalue weighted by Crippen LogP contribution is 2.12. The number of imidazole rings is 1. The lowest BCUT2D eigenvalue weighted by atomic mass is 10.1. The highest BCUT2D eigenvalue weighted by molar-refractivity contribution is 5.55. The predicted molar refractivity (Wildman–Crippen MR) is 70.9 cm³/mol. The Balaban J connectivity index is 2.22. The van der Waals surface area contributed by atoms with Crippen LogP contribution in [0.25, 0.3) is 11.8 Å². The van der Waals surface area contributed by atoms with Crippen LogP contribution in [0.4, 0.5) is 0 Å². The van der Waals surface area contributed by atoms with Crippen LogP contribution in [0.1, 0.15) is 19.4 Å². The lowest BCUT2D eigenvalue weighted by Crippen LogP contribution is -2.15. The summed E-state index contributed by atoms with van der Waals surface area (Å²) in [7, 11) is 0. The van der Waals surface area contributed by atoms with Gasteiger partial charge in [-0.15, -0.1) is 0 Å². The van der Waals surface area contributed by atoms with E-state index >= 15 is 0 Å². The summed E-state index contributed by atoms with van der Waals surface area (Å²) in [4.78, 5) is 4.03. The fourth-order valence-electron chi connectivity index (χ4n) is 1.55. The third kappa shape index (κ3) is 2.82. The number of nitrogens with zero attached hydrogens (tertiary/aromatic N) is 2. The summed E-state index contributed by atoms with van der Waals surface area (Å²) in [6.07, 6.45) is 7.60. The maximum absolute atomic E-state index is 5.81. The molecule has 0 fully saturated rings. The summed E-state index contributed by atoms with van der Waals surface area (Å²) < 4.78 is 1.98. The van der Waals surface area contributed by atoms with Gasteiger partial charge in [-0.3, -0.25) is 0 Å². The zero-order chi connectivity index (χ0) is 12.3. The Morgan fingerprint density at radius 1 is 1.35 bits per heavy atom. The summed E-state index contributed by atoms with van der Waals surface area (Å²) >= 11 is 0. The van der Waals surface area contributed by atoms with Crippen molar-refractivity contribution < 1.29 is 0 Å². The molecule has 3 heteroatoms. The van der Waals surface area contributed by atoms with Gasteiger partial charge in [0.25, 0.3) is 0 Å². The topological polar surface area (TPSA) is 43.8 Å². The first-order valence-electron chi connectivity index (χ1n) is 5.69. The second-order valence-corrected chi connectivity index (χ2v) is 4.24. The molecule has 1 heterocycles. The van der Waals surface area contributed by atoms with Gasteiger partial charge in [0.2, 0.25) is 0 Å². The van der Waals surface area contributed by atoms with Crippen LogP contribution in [0.15, 0.2) is 48.6 Å². The summed E-state index contributed by atoms with van der Waals surface area (Å²) in [5.41, 5.74) is 9.27. The van der Waals surface area contributed by atoms with E-state index < -0.39 is 0 Å². The number of aromatic nitrogens is 2. The molecule has 0 aliphatic rings. The van der Waals surface area contributed by atoms with Gasteiger partial charge in [0, 0.05) is 24.1 Å². The van der Waals surface area contributed by atoms with Gasteiger partial charge in [0.15, 0.2) is 0 Å². The fourth-order valence-corrected chi connectivity index (χ4v) is 1.55. The molecule has 0 saturated carbocycles. The first kappa shape index (κ1) is 11.6. The van der Waals surface area contributed by atoms with Crippen LogP contribution in [0.3, 0.4) is 0 Å². The second kappa shape index (κ2) is 4.97. The molecule has 2 aromatic rings. The normalized spacial score (nSPS) is 13.7. The quantitative estimate of drug-likeness (QED) is 0.876. The maximum atomic E-state index is 5.81. The molecule has 3 nitrogen and oxygen atoms in total. The monoisotopic (exact) mass is 227 g/mol. The molecule has 0 aliphatic carbocycles. The molecule has 0 radical (unpaired) electrons. The van der Waals surface area contributed by atoms with E-state index in [2.05, 4.69) is 42.2 Å². The van der Waals surface area contributed by atoms with Crippen molar-refractivity contribution in [2.24, 2.45) is 5.73 Å². The van der Waals surface area contributed by atoms with Crippen LogP contribution >= 0.6 is 0 Å². The molecule has 0 saturated heterocycles. The van der Waals surface area contributed by atoms with E-state index in [0.29, 0.717) is 0 Å². The molecule has 1 aromatic carbocycles. The molecular weight excluding hydrogens is 210 g/mol. The molecule has 1 aromatic heterocycles. The van der Waals surface area contributed by atoms with Crippen molar-refractivity contribution in [2.75, 3.05) is 0 Å². The summed E-state index contributed by atoms with van der Waals surface area (Å²) in [6, 6.07) is 8.41. The molecule has 17 heavy (non-hydrogen) atoms. The Bertz CT molecular complexity index is 493. The minimum absolute atomic E-state index is 0.100. The molecule has 2 rings (SSSR count). The molecule has 1 atom stereocenters. The Hall–Kier alpha value is -1.87. The van der Waals surface area contributed by atoms with Crippen LogP contribution in [0.2, 0.25) is 0 Å². The molecule has 0 amide bonds. The molecule has 2 N–H and O–H groups in total. The average molecular weight is 227 g/mol. The molecular formula is C14H17N3. The van der Waals surface area contributed by atoms with E-state index in [9.17, 15) is 0 Å². The van der Waals surface area contributed by atoms with Crippen molar-refractivity contribution in [2.45, 2.75) is 19.9 Å². The Morgan fingerprint density at radius 2 is 2.06 bits per heavy atom. The van der Waals surface area contributed by atoms with E-state index in [1.54, 1.807) is 12.5 Å². The minimum atomic E-state index is 0.100. The molecule has 88 valence electrons. The molecule has 0 spiro atoms. The first-order valence-corrected chi connectivity index (χ1v) is 5.69. The summed E-state index contributed by atoms with van der Waals surface area (Å²) in [6.45, 7) is 4.04. The first-order chi connectivity index (χ1) is 8.16. The van der Waals surface area contributed by atoms with Crippen molar-refractivity contribution >= 4 is 6.08 Å². The third-order valence-electron chi connectivity index (χ3n) is 2.81. The average Bonchev–Trinajstić information content (AvgIpc) is 2.83. The standard InChI is InChI=1S/C14H17N3/c1-11(12(2)15)9-13-3-5-14(6-4-13)17-8-7-16-10-17/h3-10,12H,15H2,1-2H3/b11-9+. The van der Waals surface area contributed by atoms with Crippen LogP contribution in [-0.4, -0.2) is 15.6 Å². The predicted octanol–water partition coefficient (Wildman–Crippen LogP) is 2.62. The Morgan fingerprint density at radius 3 is 2.59 bits per heavy atom. The Labute approximate surface area is 102 Å². The van der Waals surface area contributed by atoms with Crippen LogP contribution < -0.4 is 5.73 Å².